The fourth-order valence-electron chi connectivity index (χ4n) is 3.00. The number of hydrogen-bond donors (Lipinski definition) is 2. The monoisotopic (exact) mass is 364 g/mol. The second kappa shape index (κ2) is 9.21. The third kappa shape index (κ3) is 5.09. The molecule has 0 fully saturated rings. The molecule has 3 rings (SSSR count). The minimum absolute atomic E-state index is 0.360. The van der Waals surface area contributed by atoms with Gasteiger partial charge in [-0.25, -0.2) is 4.99 Å². The van der Waals surface area contributed by atoms with E-state index in [0.717, 1.165) is 36.9 Å². The summed E-state index contributed by atoms with van der Waals surface area (Å²) in [6.45, 7) is 8.37. The Labute approximate surface area is 160 Å². The van der Waals surface area contributed by atoms with Gasteiger partial charge in [0.15, 0.2) is 11.7 Å². The Morgan fingerprint density at radius 2 is 1.93 bits per heavy atom. The van der Waals surface area contributed by atoms with Gasteiger partial charge in [0.25, 0.3) is 0 Å². The van der Waals surface area contributed by atoms with Crippen molar-refractivity contribution in [1.82, 2.24) is 15.8 Å². The van der Waals surface area contributed by atoms with Crippen LogP contribution in [0.5, 0.6) is 0 Å². The number of fused-ring (bicyclic) bond motifs is 1. The van der Waals surface area contributed by atoms with Gasteiger partial charge >= 0.3 is 0 Å². The van der Waals surface area contributed by atoms with Gasteiger partial charge in [-0.1, -0.05) is 61.5 Å². The maximum absolute atomic E-state index is 5.36. The summed E-state index contributed by atoms with van der Waals surface area (Å²) in [6, 6.07) is 16.9. The van der Waals surface area contributed by atoms with Crippen LogP contribution in [0.25, 0.3) is 10.8 Å². The van der Waals surface area contributed by atoms with Crippen LogP contribution in [0.15, 0.2) is 58.0 Å². The van der Waals surface area contributed by atoms with Crippen LogP contribution in [0.1, 0.15) is 43.7 Å². The molecule has 0 spiro atoms. The van der Waals surface area contributed by atoms with Gasteiger partial charge < -0.3 is 15.2 Å². The maximum atomic E-state index is 5.36. The van der Waals surface area contributed by atoms with Crippen molar-refractivity contribution in [1.29, 1.82) is 0 Å². The van der Waals surface area contributed by atoms with Gasteiger partial charge in [0.2, 0.25) is 0 Å². The summed E-state index contributed by atoms with van der Waals surface area (Å²) in [7, 11) is 0. The quantitative estimate of drug-likeness (QED) is 0.486. The summed E-state index contributed by atoms with van der Waals surface area (Å²) in [6.07, 6.45) is 0.936. The van der Waals surface area contributed by atoms with E-state index in [1.54, 1.807) is 0 Å². The lowest BCUT2D eigenvalue weighted by molar-refractivity contribution is 0.376. The lowest BCUT2D eigenvalue weighted by Crippen LogP contribution is -2.38. The lowest BCUT2D eigenvalue weighted by Gasteiger charge is -2.12. The van der Waals surface area contributed by atoms with Gasteiger partial charge in [-0.15, -0.1) is 0 Å². The van der Waals surface area contributed by atoms with Crippen LogP contribution in [0.3, 0.4) is 0 Å². The highest BCUT2D eigenvalue weighted by Gasteiger charge is 2.07. The Bertz CT molecular complexity index is 893. The number of benzene rings is 2. The van der Waals surface area contributed by atoms with E-state index in [1.807, 2.05) is 6.07 Å². The van der Waals surface area contributed by atoms with E-state index in [9.17, 15) is 0 Å². The molecule has 0 saturated heterocycles. The van der Waals surface area contributed by atoms with Crippen molar-refractivity contribution >= 4 is 16.7 Å². The van der Waals surface area contributed by atoms with Crippen molar-refractivity contribution in [2.45, 2.75) is 39.7 Å². The fourth-order valence-corrected chi connectivity index (χ4v) is 3.00. The summed E-state index contributed by atoms with van der Waals surface area (Å²) in [5.41, 5.74) is 2.31. The largest absolute Gasteiger partial charge is 0.359 e. The molecule has 0 aliphatic heterocycles. The number of nitrogens with zero attached hydrogens (tertiary/aromatic N) is 2. The topological polar surface area (TPSA) is 62.5 Å². The molecule has 1 aromatic heterocycles. The number of aromatic nitrogens is 1. The van der Waals surface area contributed by atoms with E-state index < -0.39 is 0 Å². The van der Waals surface area contributed by atoms with E-state index in [4.69, 9.17) is 4.52 Å². The summed E-state index contributed by atoms with van der Waals surface area (Å²) in [4.78, 5) is 4.61. The molecule has 2 N–H and O–H groups in total. The summed E-state index contributed by atoms with van der Waals surface area (Å²) >= 11 is 0. The Morgan fingerprint density at radius 3 is 2.70 bits per heavy atom. The van der Waals surface area contributed by atoms with Crippen LogP contribution in [-0.2, 0) is 13.0 Å². The standard InChI is InChI=1S/C22H28N4O/c1-4-23-22(25-15-19-14-21(16(2)3)26-27-19)24-13-12-18-10-7-9-17-8-5-6-11-20(17)18/h5-11,14,16H,4,12-13,15H2,1-3H3,(H2,23,24,25). The van der Waals surface area contributed by atoms with E-state index >= 15 is 0 Å². The van der Waals surface area contributed by atoms with Crippen LogP contribution < -0.4 is 10.6 Å². The van der Waals surface area contributed by atoms with Gasteiger partial charge in [0.05, 0.1) is 5.69 Å². The third-order valence-corrected chi connectivity index (χ3v) is 4.47. The van der Waals surface area contributed by atoms with Crippen LogP contribution in [0.4, 0.5) is 0 Å². The normalized spacial score (nSPS) is 11.9. The van der Waals surface area contributed by atoms with Crippen molar-refractivity contribution in [2.75, 3.05) is 13.1 Å². The molecule has 5 heteroatoms. The van der Waals surface area contributed by atoms with Crippen molar-refractivity contribution in [3.8, 4) is 0 Å². The summed E-state index contributed by atoms with van der Waals surface area (Å²) < 4.78 is 5.36. The Morgan fingerprint density at radius 1 is 1.11 bits per heavy atom. The number of nitrogens with one attached hydrogen (secondary N) is 2. The lowest BCUT2D eigenvalue weighted by atomic mass is 10.0. The number of rotatable bonds is 7. The molecule has 0 atom stereocenters. The first kappa shape index (κ1) is 19.0. The van der Waals surface area contributed by atoms with E-state index in [-0.39, 0.29) is 0 Å². The van der Waals surface area contributed by atoms with Gasteiger partial charge in [0.1, 0.15) is 6.54 Å². The number of hydrogen-bond acceptors (Lipinski definition) is 3. The minimum atomic E-state index is 0.360. The van der Waals surface area contributed by atoms with Crippen molar-refractivity contribution < 1.29 is 4.52 Å². The van der Waals surface area contributed by atoms with Crippen LogP contribution in [-0.4, -0.2) is 24.2 Å². The first-order chi connectivity index (χ1) is 13.2. The molecule has 0 aliphatic carbocycles. The molecule has 0 unspecified atom stereocenters. The highest BCUT2D eigenvalue weighted by molar-refractivity contribution is 5.85. The molecule has 0 saturated carbocycles. The molecule has 142 valence electrons. The van der Waals surface area contributed by atoms with Crippen molar-refractivity contribution in [2.24, 2.45) is 4.99 Å². The molecule has 3 aromatic rings. The molecule has 27 heavy (non-hydrogen) atoms. The van der Waals surface area contributed by atoms with E-state index in [2.05, 4.69) is 84.0 Å². The van der Waals surface area contributed by atoms with Gasteiger partial charge in [0, 0.05) is 19.2 Å². The second-order valence-electron chi connectivity index (χ2n) is 6.88. The van der Waals surface area contributed by atoms with Crippen molar-refractivity contribution in [3.63, 3.8) is 0 Å². The molecular formula is C22H28N4O. The summed E-state index contributed by atoms with van der Waals surface area (Å²) in [5.74, 6) is 1.93. The molecular weight excluding hydrogens is 336 g/mol. The zero-order chi connectivity index (χ0) is 19.1. The first-order valence-corrected chi connectivity index (χ1v) is 9.61. The van der Waals surface area contributed by atoms with Crippen LogP contribution in [0.2, 0.25) is 0 Å². The van der Waals surface area contributed by atoms with E-state index in [0.29, 0.717) is 12.5 Å². The Balaban J connectivity index is 1.60. The molecule has 1 heterocycles. The Kier molecular flexibility index (Phi) is 6.47. The maximum Gasteiger partial charge on any atom is 0.191 e. The number of aliphatic imine (C=N–C) groups is 1. The Hall–Kier alpha value is -2.82. The van der Waals surface area contributed by atoms with Gasteiger partial charge in [-0.2, -0.15) is 0 Å². The minimum Gasteiger partial charge on any atom is -0.359 e. The summed E-state index contributed by atoms with van der Waals surface area (Å²) in [5, 5.41) is 13.4. The molecule has 0 aliphatic rings. The number of guanidine groups is 1. The highest BCUT2D eigenvalue weighted by atomic mass is 16.5. The average molecular weight is 364 g/mol. The van der Waals surface area contributed by atoms with Crippen LogP contribution >= 0.6 is 0 Å². The van der Waals surface area contributed by atoms with Gasteiger partial charge in [-0.3, -0.25) is 0 Å². The second-order valence-corrected chi connectivity index (χ2v) is 6.88. The zero-order valence-electron chi connectivity index (χ0n) is 16.3. The molecule has 0 radical (unpaired) electrons. The smallest absolute Gasteiger partial charge is 0.191 e. The molecule has 5 nitrogen and oxygen atoms in total. The first-order valence-electron chi connectivity index (χ1n) is 9.61. The van der Waals surface area contributed by atoms with E-state index in [1.165, 1.54) is 16.3 Å². The molecule has 2 aromatic carbocycles. The predicted molar refractivity (Wildman–Crippen MR) is 111 cm³/mol. The highest BCUT2D eigenvalue weighted by Crippen LogP contribution is 2.18. The van der Waals surface area contributed by atoms with Gasteiger partial charge in [-0.05, 0) is 35.6 Å². The molecule has 0 bridgehead atoms. The SMILES string of the molecule is CCNC(=NCc1cc(C(C)C)no1)NCCc1cccc2ccccc12. The van der Waals surface area contributed by atoms with Crippen molar-refractivity contribution in [3.05, 3.63) is 65.5 Å². The fraction of sp³-hybridized carbons (Fsp3) is 0.364. The van der Waals surface area contributed by atoms with Crippen LogP contribution in [0, 0.1) is 0 Å². The predicted octanol–water partition coefficient (Wildman–Crippen LogP) is 4.25. The third-order valence-electron chi connectivity index (χ3n) is 4.47. The average Bonchev–Trinajstić information content (AvgIpc) is 3.16. The zero-order valence-corrected chi connectivity index (χ0v) is 16.3. The molecule has 0 amide bonds.